The normalized spacial score (nSPS) is 20.2. The van der Waals surface area contributed by atoms with E-state index < -0.39 is 0 Å². The molecule has 0 spiro atoms. The number of fused-ring (bicyclic) bond motifs is 4. The van der Waals surface area contributed by atoms with Crippen molar-refractivity contribution >= 4 is 17.0 Å². The van der Waals surface area contributed by atoms with Crippen LogP contribution >= 0.6 is 11.3 Å². The Kier molecular flexibility index (Phi) is 8.00. The number of hydrogen-bond acceptors (Lipinski definition) is 5. The Labute approximate surface area is 291 Å². The summed E-state index contributed by atoms with van der Waals surface area (Å²) in [5, 5.41) is 20.3. The minimum absolute atomic E-state index is 0.0806. The van der Waals surface area contributed by atoms with Crippen LogP contribution in [0.3, 0.4) is 0 Å². The molecule has 5 nitrogen and oxygen atoms in total. The summed E-state index contributed by atoms with van der Waals surface area (Å²) in [5.74, 6) is 2.93. The molecule has 0 bridgehead atoms. The number of aromatic nitrogens is 3. The molecule has 47 heavy (non-hydrogen) atoms. The maximum atomic E-state index is 10.2. The monoisotopic (exact) mass is 749 g/mol. The van der Waals surface area contributed by atoms with Gasteiger partial charge < -0.3 is 0 Å². The van der Waals surface area contributed by atoms with Crippen molar-refractivity contribution in [1.82, 2.24) is 14.8 Å². The predicted octanol–water partition coefficient (Wildman–Crippen LogP) is 5.97. The molecule has 3 atom stereocenters. The molecule has 3 aliphatic rings. The quantitative estimate of drug-likeness (QED) is 0.226. The van der Waals surface area contributed by atoms with E-state index in [1.807, 2.05) is 19.1 Å². The molecule has 2 aromatic heterocycles. The molecule has 238 valence electrons. The minimum atomic E-state index is -0.337. The first-order valence-electron chi connectivity index (χ1n) is 16.5. The topological polar surface area (TPSA) is 63.3 Å². The molecule has 2 aliphatic carbocycles. The van der Waals surface area contributed by atoms with Gasteiger partial charge in [-0.1, -0.05) is 0 Å². The Bertz CT molecular complexity index is 2080. The Morgan fingerprint density at radius 2 is 1.68 bits per heavy atom. The summed E-state index contributed by atoms with van der Waals surface area (Å²) >= 11 is 1.47. The van der Waals surface area contributed by atoms with E-state index in [9.17, 15) is 5.11 Å². The van der Waals surface area contributed by atoms with Crippen LogP contribution in [-0.2, 0) is 6.42 Å². The zero-order chi connectivity index (χ0) is 32.2. The van der Waals surface area contributed by atoms with E-state index in [4.69, 9.17) is 4.99 Å². The molecule has 1 N–H and O–H groups in total. The Morgan fingerprint density at radius 1 is 0.915 bits per heavy atom. The van der Waals surface area contributed by atoms with Gasteiger partial charge >= 0.3 is 293 Å². The Hall–Kier alpha value is -3.82. The number of aliphatic imine (C=N–C) groups is 1. The molecule has 0 saturated carbocycles. The number of phenolic OH excluding ortho intramolecular Hbond substituents is 1. The summed E-state index contributed by atoms with van der Waals surface area (Å²) in [6.45, 7) is 8.54. The van der Waals surface area contributed by atoms with Crippen LogP contribution in [0.2, 0.25) is 0 Å². The number of rotatable bonds is 5. The fraction of sp³-hybridized carbons (Fsp3) is 0.275. The molecule has 1 unspecified atom stereocenters. The van der Waals surface area contributed by atoms with Crippen molar-refractivity contribution in [2.24, 2.45) is 10.9 Å². The third-order valence-corrected chi connectivity index (χ3v) is 13.8. The van der Waals surface area contributed by atoms with E-state index in [0.29, 0.717) is 17.6 Å². The van der Waals surface area contributed by atoms with Gasteiger partial charge in [-0.25, -0.2) is 0 Å². The summed E-state index contributed by atoms with van der Waals surface area (Å²) in [7, 11) is 0. The molecule has 3 aromatic carbocycles. The third-order valence-electron chi connectivity index (χ3n) is 9.96. The molecular weight excluding hydrogens is 711 g/mol. The fourth-order valence-electron chi connectivity index (χ4n) is 7.50. The molecule has 5 aromatic rings. The molecule has 0 fully saturated rings. The van der Waals surface area contributed by atoms with Crippen molar-refractivity contribution in [3.05, 3.63) is 148 Å². The summed E-state index contributed by atoms with van der Waals surface area (Å²) in [6.07, 6.45) is 11.5. The molecular formula is C40H38IN4OS-. The first kappa shape index (κ1) is 30.5. The van der Waals surface area contributed by atoms with Crippen LogP contribution in [0.5, 0.6) is 5.75 Å². The van der Waals surface area contributed by atoms with Crippen molar-refractivity contribution in [1.29, 1.82) is 0 Å². The first-order chi connectivity index (χ1) is 22.9. The summed E-state index contributed by atoms with van der Waals surface area (Å²) in [6, 6.07) is 24.5. The van der Waals surface area contributed by atoms with Crippen LogP contribution in [0.25, 0.3) is 5.00 Å². The van der Waals surface area contributed by atoms with Crippen LogP contribution in [0, 0.1) is 33.8 Å². The number of hydrogen-bond donors (Lipinski definition) is 1. The van der Waals surface area contributed by atoms with Gasteiger partial charge in [0.05, 0.1) is 0 Å². The van der Waals surface area contributed by atoms with Gasteiger partial charge in [-0.2, -0.15) is 0 Å². The van der Waals surface area contributed by atoms with E-state index >= 15 is 0 Å². The number of phenols is 1. The number of aryl methyl sites for hydroxylation is 3. The first-order valence-corrected chi connectivity index (χ1v) is 19.5. The van der Waals surface area contributed by atoms with Crippen molar-refractivity contribution < 1.29 is 26.3 Å². The van der Waals surface area contributed by atoms with Crippen LogP contribution in [0.4, 0.5) is 0 Å². The fourth-order valence-corrected chi connectivity index (χ4v) is 10.9. The van der Waals surface area contributed by atoms with Gasteiger partial charge in [0.2, 0.25) is 0 Å². The number of nitrogens with zero attached hydrogens (tertiary/aromatic N) is 4. The molecule has 0 saturated heterocycles. The van der Waals surface area contributed by atoms with E-state index in [1.54, 1.807) is 11.3 Å². The SMILES string of the molecule is Cc1sc2c(c1C)C(c1ccc([I-]c3ccc([C@H]4c5ccc(O)cc5CC[C@H]4C4=CCCC=C4)cc3)cc1)=NC(C)c1nnc(C)n1-2. The van der Waals surface area contributed by atoms with Crippen molar-refractivity contribution in [3.8, 4) is 10.8 Å². The summed E-state index contributed by atoms with van der Waals surface area (Å²) < 4.78 is 5.00. The third kappa shape index (κ3) is 5.51. The van der Waals surface area contributed by atoms with Gasteiger partial charge in [0.1, 0.15) is 0 Å². The standard InChI is InChI=1S/C40H38IN4OS/c1-23-25(3)47-40-36(23)38(42-24(2)39-44-43-26(4)45(39)40)29-12-17-32(18-13-29)41-31-15-10-28(11-16-31)37-34(27-8-6-5-7-9-27)20-14-30-22-33(46)19-21-35(30)37/h6,8-13,15-19,21-22,24,34,37,46H,5,7,14,20H2,1-4H3/q-1/t24?,34-,37+/m0/s1. The Balaban J connectivity index is 1.07. The number of aromatic hydroxyl groups is 1. The predicted molar refractivity (Wildman–Crippen MR) is 186 cm³/mol. The van der Waals surface area contributed by atoms with Crippen molar-refractivity contribution in [2.45, 2.75) is 65.3 Å². The van der Waals surface area contributed by atoms with E-state index in [1.165, 1.54) is 50.4 Å². The molecule has 8 rings (SSSR count). The van der Waals surface area contributed by atoms with E-state index in [2.05, 4.69) is 108 Å². The van der Waals surface area contributed by atoms with Gasteiger partial charge in [-0.05, 0) is 0 Å². The molecule has 1 aliphatic heterocycles. The van der Waals surface area contributed by atoms with Gasteiger partial charge in [-0.15, -0.1) is 0 Å². The molecule has 3 heterocycles. The Morgan fingerprint density at radius 3 is 2.43 bits per heavy atom. The van der Waals surface area contributed by atoms with Crippen molar-refractivity contribution in [2.75, 3.05) is 0 Å². The molecule has 7 heteroatoms. The van der Waals surface area contributed by atoms with Gasteiger partial charge in [0.15, 0.2) is 0 Å². The number of thiophene rings is 1. The average Bonchev–Trinajstić information content (AvgIpc) is 3.58. The number of benzene rings is 3. The second-order valence-electron chi connectivity index (χ2n) is 12.9. The average molecular weight is 750 g/mol. The van der Waals surface area contributed by atoms with Gasteiger partial charge in [-0.3, -0.25) is 0 Å². The zero-order valence-electron chi connectivity index (χ0n) is 27.2. The van der Waals surface area contributed by atoms with E-state index in [-0.39, 0.29) is 27.2 Å². The number of halogens is 1. The zero-order valence-corrected chi connectivity index (χ0v) is 30.1. The van der Waals surface area contributed by atoms with Crippen LogP contribution < -0.4 is 21.2 Å². The molecule has 0 amide bonds. The summed E-state index contributed by atoms with van der Waals surface area (Å²) in [5.41, 5.74) is 10.2. The number of allylic oxidation sites excluding steroid dienone is 4. The van der Waals surface area contributed by atoms with Crippen LogP contribution in [-0.4, -0.2) is 25.6 Å². The van der Waals surface area contributed by atoms with E-state index in [0.717, 1.165) is 48.6 Å². The van der Waals surface area contributed by atoms with Crippen LogP contribution in [0.15, 0.2) is 95.5 Å². The second-order valence-corrected chi connectivity index (χ2v) is 17.1. The molecule has 0 radical (unpaired) electrons. The van der Waals surface area contributed by atoms with Crippen molar-refractivity contribution in [3.63, 3.8) is 0 Å². The van der Waals surface area contributed by atoms with Gasteiger partial charge in [0, 0.05) is 0 Å². The maximum absolute atomic E-state index is 10.2. The second kappa shape index (κ2) is 12.3. The van der Waals surface area contributed by atoms with Crippen LogP contribution in [0.1, 0.15) is 88.1 Å². The summed E-state index contributed by atoms with van der Waals surface area (Å²) in [4.78, 5) is 6.53. The van der Waals surface area contributed by atoms with Gasteiger partial charge in [0.25, 0.3) is 0 Å².